The molecule has 2 aromatic rings. The summed E-state index contributed by atoms with van der Waals surface area (Å²) in [6.07, 6.45) is 5.19. The number of nitriles is 1. The maximum Gasteiger partial charge on any atom is 0.352 e. The molecular weight excluding hydrogens is 556 g/mol. The largest absolute Gasteiger partial charge is 0.457 e. The molecule has 1 aliphatic heterocycles. The van der Waals surface area contributed by atoms with Crippen LogP contribution >= 0.6 is 11.3 Å². The minimum atomic E-state index is -0.839. The molecule has 0 aliphatic carbocycles. The Kier molecular flexibility index (Phi) is 11.2. The number of nitrogens with zero attached hydrogens (tertiary/aromatic N) is 3. The fourth-order valence-electron chi connectivity index (χ4n) is 4.20. The second-order valence-corrected chi connectivity index (χ2v) is 11.8. The van der Waals surface area contributed by atoms with Crippen LogP contribution in [0.15, 0.2) is 35.6 Å². The highest BCUT2D eigenvalue weighted by Gasteiger charge is 2.24. The molecule has 0 unspecified atom stereocenters. The third-order valence-corrected chi connectivity index (χ3v) is 7.69. The zero-order valence-electron chi connectivity index (χ0n) is 24.5. The van der Waals surface area contributed by atoms with E-state index in [2.05, 4.69) is 27.4 Å². The summed E-state index contributed by atoms with van der Waals surface area (Å²) >= 11 is 0.978. The molecule has 0 saturated carbocycles. The third kappa shape index (κ3) is 8.18. The van der Waals surface area contributed by atoms with Crippen molar-refractivity contribution < 1.29 is 19.1 Å². The number of anilines is 2. The number of likely N-dealkylation sites (tertiary alicyclic amines) is 1. The number of hydrogen-bond donors (Lipinski definition) is 3. The van der Waals surface area contributed by atoms with Gasteiger partial charge in [0.2, 0.25) is 5.91 Å². The first-order valence-electron chi connectivity index (χ1n) is 13.8. The van der Waals surface area contributed by atoms with Crippen LogP contribution in [-0.2, 0) is 20.9 Å². The van der Waals surface area contributed by atoms with Crippen molar-refractivity contribution in [2.24, 2.45) is 5.41 Å². The van der Waals surface area contributed by atoms with Gasteiger partial charge in [0.05, 0.1) is 11.3 Å². The fourth-order valence-corrected chi connectivity index (χ4v) is 5.28. The predicted molar refractivity (Wildman–Crippen MR) is 164 cm³/mol. The van der Waals surface area contributed by atoms with E-state index < -0.39 is 11.4 Å². The molecular formula is C30H38N6O5S. The van der Waals surface area contributed by atoms with Gasteiger partial charge in [-0.25, -0.2) is 4.79 Å². The summed E-state index contributed by atoms with van der Waals surface area (Å²) in [5.41, 5.74) is -0.190. The van der Waals surface area contributed by atoms with Crippen LogP contribution in [0, 0.1) is 16.7 Å². The van der Waals surface area contributed by atoms with E-state index in [1.54, 1.807) is 45.9 Å². The second-order valence-electron chi connectivity index (χ2n) is 10.8. The summed E-state index contributed by atoms with van der Waals surface area (Å²) in [6.45, 7) is 14.1. The van der Waals surface area contributed by atoms with Crippen molar-refractivity contribution in [3.05, 3.63) is 56.0 Å². The molecule has 1 aliphatic rings. The Morgan fingerprint density at radius 2 is 1.93 bits per heavy atom. The first kappa shape index (κ1) is 32.3. The number of amides is 2. The Labute approximate surface area is 249 Å². The van der Waals surface area contributed by atoms with Crippen molar-refractivity contribution >= 4 is 52.3 Å². The van der Waals surface area contributed by atoms with E-state index in [9.17, 15) is 24.4 Å². The quantitative estimate of drug-likeness (QED) is 0.265. The predicted octanol–water partition coefficient (Wildman–Crippen LogP) is 1.99. The maximum atomic E-state index is 13.1. The van der Waals surface area contributed by atoms with Gasteiger partial charge in [-0.2, -0.15) is 5.26 Å². The van der Waals surface area contributed by atoms with Crippen LogP contribution in [-0.4, -0.2) is 60.0 Å². The molecule has 42 heavy (non-hydrogen) atoms. The van der Waals surface area contributed by atoms with Gasteiger partial charge in [-0.15, -0.1) is 11.3 Å². The topological polar surface area (TPSA) is 146 Å². The van der Waals surface area contributed by atoms with Crippen LogP contribution < -0.4 is 30.7 Å². The number of aromatic nitrogens is 1. The number of carbonyl (C=O) groups is 3. The van der Waals surface area contributed by atoms with Gasteiger partial charge in [-0.05, 0) is 51.1 Å². The molecule has 2 amide bonds. The van der Waals surface area contributed by atoms with E-state index in [1.165, 1.54) is 29.7 Å². The van der Waals surface area contributed by atoms with Crippen molar-refractivity contribution in [2.45, 2.75) is 47.1 Å². The smallest absolute Gasteiger partial charge is 0.352 e. The Balaban J connectivity index is 1.93. The molecule has 1 aromatic carbocycles. The fraction of sp³-hybridized carbons (Fsp3) is 0.433. The molecule has 0 radical (unpaired) electrons. The molecule has 0 bridgehead atoms. The lowest BCUT2D eigenvalue weighted by Gasteiger charge is -2.20. The Morgan fingerprint density at radius 1 is 1.21 bits per heavy atom. The van der Waals surface area contributed by atoms with Crippen LogP contribution in [0.2, 0.25) is 0 Å². The van der Waals surface area contributed by atoms with Crippen molar-refractivity contribution in [2.75, 3.05) is 43.4 Å². The van der Waals surface area contributed by atoms with Crippen LogP contribution in [0.4, 0.5) is 11.4 Å². The van der Waals surface area contributed by atoms with Gasteiger partial charge in [0.25, 0.3) is 11.5 Å². The molecule has 1 aromatic heterocycles. The van der Waals surface area contributed by atoms with Gasteiger partial charge in [0.15, 0.2) is 5.57 Å². The lowest BCUT2D eigenvalue weighted by molar-refractivity contribution is -0.135. The molecule has 1 saturated heterocycles. The molecule has 1 fully saturated rings. The zero-order valence-corrected chi connectivity index (χ0v) is 25.4. The molecule has 0 spiro atoms. The van der Waals surface area contributed by atoms with Gasteiger partial charge in [0, 0.05) is 36.9 Å². The van der Waals surface area contributed by atoms with Crippen molar-refractivity contribution in [1.82, 2.24) is 14.8 Å². The summed E-state index contributed by atoms with van der Waals surface area (Å²) in [7, 11) is 0. The third-order valence-electron chi connectivity index (χ3n) is 6.56. The highest BCUT2D eigenvalue weighted by atomic mass is 32.1. The number of rotatable bonds is 11. The first-order chi connectivity index (χ1) is 20.0. The minimum absolute atomic E-state index is 0.0627. The highest BCUT2D eigenvalue weighted by molar-refractivity contribution is 7.07. The van der Waals surface area contributed by atoms with Gasteiger partial charge in [0.1, 0.15) is 21.9 Å². The molecule has 3 N–H and O–H groups in total. The molecule has 2 heterocycles. The van der Waals surface area contributed by atoms with Gasteiger partial charge < -0.3 is 25.6 Å². The van der Waals surface area contributed by atoms with Crippen molar-refractivity contribution in [3.63, 3.8) is 0 Å². The van der Waals surface area contributed by atoms with Crippen LogP contribution in [0.3, 0.4) is 0 Å². The summed E-state index contributed by atoms with van der Waals surface area (Å²) in [5.74, 6) is -1.40. The summed E-state index contributed by atoms with van der Waals surface area (Å²) in [6, 6.07) is 6.75. The van der Waals surface area contributed by atoms with Gasteiger partial charge in [-0.1, -0.05) is 33.4 Å². The average molecular weight is 595 g/mol. The van der Waals surface area contributed by atoms with E-state index in [1.807, 2.05) is 6.07 Å². The summed E-state index contributed by atoms with van der Waals surface area (Å²) < 4.78 is 6.77. The van der Waals surface area contributed by atoms with E-state index in [0.717, 1.165) is 31.0 Å². The van der Waals surface area contributed by atoms with Gasteiger partial charge in [-0.3, -0.25) is 19.0 Å². The number of carbonyl (C=O) groups excluding carboxylic acids is 3. The molecule has 12 heteroatoms. The minimum Gasteiger partial charge on any atom is -0.457 e. The van der Waals surface area contributed by atoms with Gasteiger partial charge >= 0.3 is 5.97 Å². The normalized spacial score (nSPS) is 14.6. The van der Waals surface area contributed by atoms with E-state index in [0.29, 0.717) is 23.5 Å². The van der Waals surface area contributed by atoms with Crippen molar-refractivity contribution in [1.29, 1.82) is 5.26 Å². The summed E-state index contributed by atoms with van der Waals surface area (Å²) in [4.78, 5) is 53.6. The monoisotopic (exact) mass is 594 g/mol. The standard InChI is InChI=1S/C30H38N6O5S/c1-6-16-41-28(39)22(18-31)27-36(7-2)26(38)24(42-27)19-33-20-10-11-21(23(17-20)34-29(40)30(3,4)5)25(37)32-12-15-35-13-8-9-14-35/h6,10-11,17,19,33H,1,7-9,12-16H2,2-5H3,(H,32,37)(H,34,40). The molecule has 0 atom stereocenters. The van der Waals surface area contributed by atoms with Crippen LogP contribution in [0.1, 0.15) is 50.9 Å². The summed E-state index contributed by atoms with van der Waals surface area (Å²) in [5, 5.41) is 18.4. The number of nitrogens with one attached hydrogen (secondary N) is 3. The number of esters is 1. The van der Waals surface area contributed by atoms with E-state index >= 15 is 0 Å². The van der Waals surface area contributed by atoms with Crippen LogP contribution in [0.5, 0.6) is 0 Å². The molecule has 224 valence electrons. The SMILES string of the molecule is C=CCOC(=O)C(C#N)=c1sc(=CNc2ccc(C(=O)NCCN3CCCC3)c(NC(=O)C(C)(C)C)c2)c(=O)n1CC. The van der Waals surface area contributed by atoms with Crippen molar-refractivity contribution in [3.8, 4) is 6.07 Å². The van der Waals surface area contributed by atoms with E-state index in [4.69, 9.17) is 4.74 Å². The Bertz CT molecular complexity index is 1550. The lowest BCUT2D eigenvalue weighted by atomic mass is 9.95. The zero-order chi connectivity index (χ0) is 30.9. The average Bonchev–Trinajstić information content (AvgIpc) is 3.58. The molecule has 11 nitrogen and oxygen atoms in total. The lowest BCUT2D eigenvalue weighted by Crippen LogP contribution is -2.34. The number of ether oxygens (including phenoxy) is 1. The number of thiazole rings is 1. The number of hydrogen-bond acceptors (Lipinski definition) is 9. The second kappa shape index (κ2) is 14.6. The maximum absolute atomic E-state index is 13.1. The highest BCUT2D eigenvalue weighted by Crippen LogP contribution is 2.24. The number of benzene rings is 1. The molecule has 3 rings (SSSR count). The van der Waals surface area contributed by atoms with E-state index in [-0.39, 0.29) is 45.3 Å². The first-order valence-corrected chi connectivity index (χ1v) is 14.7. The Morgan fingerprint density at radius 3 is 2.55 bits per heavy atom. The van der Waals surface area contributed by atoms with Crippen LogP contribution in [0.25, 0.3) is 11.8 Å². The Hall–Kier alpha value is -4.21.